The molecule has 0 bridgehead atoms. The predicted octanol–water partition coefficient (Wildman–Crippen LogP) is 3.39. The average molecular weight is 524 g/mol. The van der Waals surface area contributed by atoms with Gasteiger partial charge in [0.25, 0.3) is 0 Å². The number of carbonyl (C=O) groups is 2. The molecule has 2 aromatic carbocycles. The van der Waals surface area contributed by atoms with E-state index in [1.165, 1.54) is 4.90 Å². The molecule has 2 amide bonds. The largest absolute Gasteiger partial charge is 0.355 e. The number of nitrogens with zero attached hydrogens (tertiary/aromatic N) is 2. The normalized spacial score (nSPS) is 12.2. The summed E-state index contributed by atoms with van der Waals surface area (Å²) in [5.41, 5.74) is 2.91. The SMILES string of the molecule is CCNC(=O)[C@@H](C)N(Cc1ccc(Br)cc1)C(=O)CN(c1cc(C)ccc1C)S(C)(=O)=O. The zero-order valence-corrected chi connectivity index (χ0v) is 21.5. The predicted molar refractivity (Wildman–Crippen MR) is 131 cm³/mol. The van der Waals surface area contributed by atoms with Crippen LogP contribution in [0, 0.1) is 13.8 Å². The van der Waals surface area contributed by atoms with Gasteiger partial charge in [-0.1, -0.05) is 40.2 Å². The molecular weight excluding hydrogens is 494 g/mol. The third kappa shape index (κ3) is 6.80. The van der Waals surface area contributed by atoms with E-state index in [1.807, 2.05) is 43.3 Å². The van der Waals surface area contributed by atoms with Gasteiger partial charge < -0.3 is 10.2 Å². The van der Waals surface area contributed by atoms with Gasteiger partial charge in [-0.25, -0.2) is 8.42 Å². The maximum Gasteiger partial charge on any atom is 0.244 e. The second-order valence-electron chi connectivity index (χ2n) is 7.78. The van der Waals surface area contributed by atoms with E-state index in [1.54, 1.807) is 26.8 Å². The molecule has 0 spiro atoms. The van der Waals surface area contributed by atoms with E-state index >= 15 is 0 Å². The van der Waals surface area contributed by atoms with E-state index in [2.05, 4.69) is 21.2 Å². The Morgan fingerprint density at radius 2 is 1.72 bits per heavy atom. The molecule has 0 fully saturated rings. The average Bonchev–Trinajstić information content (AvgIpc) is 2.72. The summed E-state index contributed by atoms with van der Waals surface area (Å²) >= 11 is 3.39. The van der Waals surface area contributed by atoms with Gasteiger partial charge in [-0.2, -0.15) is 0 Å². The Labute approximate surface area is 199 Å². The van der Waals surface area contributed by atoms with Crippen molar-refractivity contribution < 1.29 is 18.0 Å². The minimum absolute atomic E-state index is 0.175. The van der Waals surface area contributed by atoms with Gasteiger partial charge in [-0.15, -0.1) is 0 Å². The monoisotopic (exact) mass is 523 g/mol. The fraction of sp³-hybridized carbons (Fsp3) is 0.391. The lowest BCUT2D eigenvalue weighted by Gasteiger charge is -2.32. The first-order chi connectivity index (χ1) is 14.9. The van der Waals surface area contributed by atoms with Gasteiger partial charge in [0.2, 0.25) is 21.8 Å². The number of likely N-dealkylation sites (N-methyl/N-ethyl adjacent to an activating group) is 1. The molecule has 7 nitrogen and oxygen atoms in total. The molecule has 1 N–H and O–H groups in total. The minimum atomic E-state index is -3.74. The van der Waals surface area contributed by atoms with Gasteiger partial charge in [0, 0.05) is 17.6 Å². The van der Waals surface area contributed by atoms with Gasteiger partial charge >= 0.3 is 0 Å². The third-order valence-corrected chi connectivity index (χ3v) is 6.75. The number of carbonyl (C=O) groups excluding carboxylic acids is 2. The number of sulfonamides is 1. The summed E-state index contributed by atoms with van der Waals surface area (Å²) in [5, 5.41) is 2.74. The van der Waals surface area contributed by atoms with Gasteiger partial charge in [0.05, 0.1) is 11.9 Å². The third-order valence-electron chi connectivity index (χ3n) is 5.10. The second-order valence-corrected chi connectivity index (χ2v) is 10.6. The van der Waals surface area contributed by atoms with Crippen molar-refractivity contribution in [3.63, 3.8) is 0 Å². The van der Waals surface area contributed by atoms with E-state index in [-0.39, 0.29) is 12.5 Å². The summed E-state index contributed by atoms with van der Waals surface area (Å²) < 4.78 is 27.3. The maximum atomic E-state index is 13.4. The van der Waals surface area contributed by atoms with Crippen LogP contribution in [0.2, 0.25) is 0 Å². The maximum absolute atomic E-state index is 13.4. The summed E-state index contributed by atoms with van der Waals surface area (Å²) in [4.78, 5) is 27.4. The van der Waals surface area contributed by atoms with Gasteiger partial charge in [0.1, 0.15) is 12.6 Å². The first-order valence-electron chi connectivity index (χ1n) is 10.3. The highest BCUT2D eigenvalue weighted by atomic mass is 79.9. The highest BCUT2D eigenvalue weighted by molar-refractivity contribution is 9.10. The van der Waals surface area contributed by atoms with Crippen LogP contribution in [0.4, 0.5) is 5.69 Å². The van der Waals surface area contributed by atoms with Crippen molar-refractivity contribution in [2.75, 3.05) is 23.7 Å². The van der Waals surface area contributed by atoms with E-state index in [0.717, 1.165) is 31.7 Å². The Bertz CT molecular complexity index is 1070. The molecule has 0 saturated carbocycles. The molecule has 0 aliphatic heterocycles. The summed E-state index contributed by atoms with van der Waals surface area (Å²) in [6.45, 7) is 7.32. The van der Waals surface area contributed by atoms with Crippen LogP contribution >= 0.6 is 15.9 Å². The molecule has 0 heterocycles. The first kappa shape index (κ1) is 25.9. The molecule has 0 saturated heterocycles. The van der Waals surface area contributed by atoms with Crippen LogP contribution in [0.1, 0.15) is 30.5 Å². The van der Waals surface area contributed by atoms with Crippen LogP contribution in [-0.2, 0) is 26.2 Å². The van der Waals surface area contributed by atoms with Crippen molar-refractivity contribution in [1.82, 2.24) is 10.2 Å². The summed E-state index contributed by atoms with van der Waals surface area (Å²) in [7, 11) is -3.74. The number of aryl methyl sites for hydroxylation is 2. The van der Waals surface area contributed by atoms with Gasteiger partial charge in [0.15, 0.2) is 0 Å². The Morgan fingerprint density at radius 1 is 1.09 bits per heavy atom. The number of hydrogen-bond donors (Lipinski definition) is 1. The standard InChI is InChI=1S/C23H30BrN3O4S/c1-6-25-23(29)18(4)26(14-19-9-11-20(24)12-10-19)22(28)15-27(32(5,30)31)21-13-16(2)7-8-17(21)3/h7-13,18H,6,14-15H2,1-5H3,(H,25,29)/t18-/m1/s1. The number of halogens is 1. The van der Waals surface area contributed by atoms with Crippen molar-refractivity contribution in [3.8, 4) is 0 Å². The number of hydrogen-bond acceptors (Lipinski definition) is 4. The summed E-state index contributed by atoms with van der Waals surface area (Å²) in [6, 6.07) is 12.1. The molecule has 2 aromatic rings. The Balaban J connectivity index is 2.42. The molecule has 0 aliphatic carbocycles. The number of amides is 2. The van der Waals surface area contributed by atoms with Crippen LogP contribution in [0.5, 0.6) is 0 Å². The first-order valence-corrected chi connectivity index (χ1v) is 12.9. The molecule has 0 unspecified atom stereocenters. The van der Waals surface area contributed by atoms with Crippen LogP contribution in [0.15, 0.2) is 46.9 Å². The topological polar surface area (TPSA) is 86.8 Å². The van der Waals surface area contributed by atoms with Crippen LogP contribution in [0.25, 0.3) is 0 Å². The molecule has 32 heavy (non-hydrogen) atoms. The molecule has 0 aromatic heterocycles. The zero-order chi connectivity index (χ0) is 24.1. The molecule has 174 valence electrons. The number of nitrogens with one attached hydrogen (secondary N) is 1. The fourth-order valence-electron chi connectivity index (χ4n) is 3.27. The lowest BCUT2D eigenvalue weighted by Crippen LogP contribution is -2.51. The van der Waals surface area contributed by atoms with E-state index in [0.29, 0.717) is 12.2 Å². The van der Waals surface area contributed by atoms with E-state index in [9.17, 15) is 18.0 Å². The van der Waals surface area contributed by atoms with Crippen molar-refractivity contribution in [2.24, 2.45) is 0 Å². The summed E-state index contributed by atoms with van der Waals surface area (Å²) in [6.07, 6.45) is 1.08. The number of rotatable bonds is 9. The van der Waals surface area contributed by atoms with Crippen molar-refractivity contribution in [2.45, 2.75) is 40.3 Å². The van der Waals surface area contributed by atoms with Crippen molar-refractivity contribution in [1.29, 1.82) is 0 Å². The minimum Gasteiger partial charge on any atom is -0.355 e. The molecular formula is C23H30BrN3O4S. The Kier molecular flexibility index (Phi) is 8.86. The lowest BCUT2D eigenvalue weighted by molar-refractivity contribution is -0.139. The molecule has 9 heteroatoms. The quantitative estimate of drug-likeness (QED) is 0.545. The second kappa shape index (κ2) is 11.0. The lowest BCUT2D eigenvalue weighted by atomic mass is 10.1. The highest BCUT2D eigenvalue weighted by Crippen LogP contribution is 2.24. The van der Waals surface area contributed by atoms with Crippen molar-refractivity contribution >= 4 is 43.5 Å². The zero-order valence-electron chi connectivity index (χ0n) is 19.1. The van der Waals surface area contributed by atoms with Crippen LogP contribution in [0.3, 0.4) is 0 Å². The van der Waals surface area contributed by atoms with E-state index < -0.39 is 28.5 Å². The molecule has 0 radical (unpaired) electrons. The van der Waals surface area contributed by atoms with Gasteiger partial charge in [-0.05, 0) is 62.6 Å². The number of benzene rings is 2. The van der Waals surface area contributed by atoms with Crippen LogP contribution < -0.4 is 9.62 Å². The molecule has 0 aliphatic rings. The van der Waals surface area contributed by atoms with Crippen LogP contribution in [-0.4, -0.2) is 50.5 Å². The van der Waals surface area contributed by atoms with Gasteiger partial charge in [-0.3, -0.25) is 13.9 Å². The molecule has 1 atom stereocenters. The number of anilines is 1. The van der Waals surface area contributed by atoms with E-state index in [4.69, 9.17) is 0 Å². The Hall–Kier alpha value is -2.39. The highest BCUT2D eigenvalue weighted by Gasteiger charge is 2.30. The fourth-order valence-corrected chi connectivity index (χ4v) is 4.44. The Morgan fingerprint density at radius 3 is 2.28 bits per heavy atom. The summed E-state index contributed by atoms with van der Waals surface area (Å²) in [5.74, 6) is -0.756. The smallest absolute Gasteiger partial charge is 0.244 e. The van der Waals surface area contributed by atoms with Crippen molar-refractivity contribution in [3.05, 3.63) is 63.6 Å². The molecule has 2 rings (SSSR count).